The second kappa shape index (κ2) is 4.75. The van der Waals surface area contributed by atoms with Crippen LogP contribution < -0.4 is 5.32 Å². The highest BCUT2D eigenvalue weighted by atomic mass is 15.2. The topological polar surface area (TPSA) is 71.4 Å². The minimum Gasteiger partial charge on any atom is -0.339 e. The van der Waals surface area contributed by atoms with Gasteiger partial charge in [0.1, 0.15) is 12.1 Å². The molecule has 21 heavy (non-hydrogen) atoms. The number of hydrogen-bond donors (Lipinski definition) is 2. The summed E-state index contributed by atoms with van der Waals surface area (Å²) in [7, 11) is 0. The van der Waals surface area contributed by atoms with Gasteiger partial charge in [-0.25, -0.2) is 9.97 Å². The molecule has 0 aliphatic carbocycles. The molecule has 3 aromatic heterocycles. The Morgan fingerprint density at radius 2 is 1.95 bits per heavy atom. The first-order valence-electron chi connectivity index (χ1n) is 6.55. The first kappa shape index (κ1) is 11.7. The Kier molecular flexibility index (Phi) is 2.64. The van der Waals surface area contributed by atoms with Gasteiger partial charge in [0.05, 0.1) is 11.6 Å². The van der Waals surface area contributed by atoms with Crippen molar-refractivity contribution in [1.82, 2.24) is 24.7 Å². The maximum atomic E-state index is 4.28. The van der Waals surface area contributed by atoms with Crippen LogP contribution in [0.3, 0.4) is 0 Å². The number of hydrogen-bond acceptors (Lipinski definition) is 4. The summed E-state index contributed by atoms with van der Waals surface area (Å²) >= 11 is 0. The molecule has 0 unspecified atom stereocenters. The standard InChI is InChI=1S/C15H12N6/c1-2-7-21(6-1)12-5-3-4-11(8-12)19-14-13-9-18-20-15(13)17-10-16-14/h1-10H,(H2,16,17,18,19,20). The molecule has 0 saturated heterocycles. The molecule has 0 spiro atoms. The molecule has 6 heteroatoms. The van der Waals surface area contributed by atoms with Crippen molar-refractivity contribution in [3.05, 3.63) is 61.3 Å². The van der Waals surface area contributed by atoms with Crippen LogP contribution in [0, 0.1) is 0 Å². The van der Waals surface area contributed by atoms with Gasteiger partial charge in [0, 0.05) is 23.8 Å². The molecule has 4 rings (SSSR count). The van der Waals surface area contributed by atoms with E-state index < -0.39 is 0 Å². The summed E-state index contributed by atoms with van der Waals surface area (Å²) in [6, 6.07) is 12.1. The van der Waals surface area contributed by atoms with Crippen molar-refractivity contribution in [3.8, 4) is 5.69 Å². The molecule has 0 aliphatic heterocycles. The number of nitrogens with one attached hydrogen (secondary N) is 2. The van der Waals surface area contributed by atoms with Crippen molar-refractivity contribution in [3.63, 3.8) is 0 Å². The fraction of sp³-hybridized carbons (Fsp3) is 0. The van der Waals surface area contributed by atoms with Crippen LogP contribution in [0.25, 0.3) is 16.7 Å². The van der Waals surface area contributed by atoms with Crippen molar-refractivity contribution < 1.29 is 0 Å². The molecule has 0 aliphatic rings. The number of H-pyrrole nitrogens is 1. The van der Waals surface area contributed by atoms with Crippen molar-refractivity contribution in [2.45, 2.75) is 0 Å². The molecule has 0 atom stereocenters. The summed E-state index contributed by atoms with van der Waals surface area (Å²) in [5.74, 6) is 0.735. The Labute approximate surface area is 120 Å². The average Bonchev–Trinajstić information content (AvgIpc) is 3.20. The third-order valence-electron chi connectivity index (χ3n) is 3.26. The van der Waals surface area contributed by atoms with Crippen LogP contribution in [-0.4, -0.2) is 24.7 Å². The molecule has 0 bridgehead atoms. The fourth-order valence-corrected chi connectivity index (χ4v) is 2.25. The summed E-state index contributed by atoms with van der Waals surface area (Å²) in [5.41, 5.74) is 2.76. The van der Waals surface area contributed by atoms with E-state index in [4.69, 9.17) is 0 Å². The summed E-state index contributed by atoms with van der Waals surface area (Å²) in [4.78, 5) is 8.41. The minimum atomic E-state index is 0.717. The van der Waals surface area contributed by atoms with Crippen LogP contribution in [0.1, 0.15) is 0 Å². The van der Waals surface area contributed by atoms with E-state index in [0.717, 1.165) is 22.6 Å². The van der Waals surface area contributed by atoms with Gasteiger partial charge in [0.15, 0.2) is 5.65 Å². The Hall–Kier alpha value is -3.15. The zero-order valence-electron chi connectivity index (χ0n) is 11.1. The summed E-state index contributed by atoms with van der Waals surface area (Å²) in [6.45, 7) is 0. The number of aromatic nitrogens is 5. The van der Waals surface area contributed by atoms with Crippen LogP contribution in [0.5, 0.6) is 0 Å². The number of nitrogens with zero attached hydrogens (tertiary/aromatic N) is 4. The zero-order chi connectivity index (χ0) is 14.1. The largest absolute Gasteiger partial charge is 0.339 e. The predicted octanol–water partition coefficient (Wildman–Crippen LogP) is 2.89. The number of fused-ring (bicyclic) bond motifs is 1. The molecule has 1 aromatic carbocycles. The maximum absolute atomic E-state index is 4.28. The van der Waals surface area contributed by atoms with Gasteiger partial charge in [-0.05, 0) is 30.3 Å². The number of rotatable bonds is 3. The minimum absolute atomic E-state index is 0.717. The third-order valence-corrected chi connectivity index (χ3v) is 3.26. The summed E-state index contributed by atoms with van der Waals surface area (Å²) in [6.07, 6.45) is 7.25. The third kappa shape index (κ3) is 2.12. The van der Waals surface area contributed by atoms with Crippen molar-refractivity contribution in [1.29, 1.82) is 0 Å². The normalized spacial score (nSPS) is 10.9. The highest BCUT2D eigenvalue weighted by molar-refractivity contribution is 5.87. The molecule has 4 aromatic rings. The van der Waals surface area contributed by atoms with Crippen molar-refractivity contribution in [2.75, 3.05) is 5.32 Å². The van der Waals surface area contributed by atoms with Gasteiger partial charge in [-0.3, -0.25) is 5.10 Å². The summed E-state index contributed by atoms with van der Waals surface area (Å²) in [5, 5.41) is 11.0. The molecular formula is C15H12N6. The van der Waals surface area contributed by atoms with Gasteiger partial charge < -0.3 is 9.88 Å². The molecular weight excluding hydrogens is 264 g/mol. The monoisotopic (exact) mass is 276 g/mol. The van der Waals surface area contributed by atoms with Crippen LogP contribution in [0.4, 0.5) is 11.5 Å². The Morgan fingerprint density at radius 3 is 2.86 bits per heavy atom. The quantitative estimate of drug-likeness (QED) is 0.603. The first-order chi connectivity index (χ1) is 10.4. The van der Waals surface area contributed by atoms with E-state index in [2.05, 4.69) is 42.2 Å². The summed E-state index contributed by atoms with van der Waals surface area (Å²) < 4.78 is 2.05. The Balaban J connectivity index is 1.71. The lowest BCUT2D eigenvalue weighted by Crippen LogP contribution is -1.97. The van der Waals surface area contributed by atoms with E-state index >= 15 is 0 Å². The molecule has 0 amide bonds. The van der Waals surface area contributed by atoms with Crippen LogP contribution in [0.15, 0.2) is 61.3 Å². The highest BCUT2D eigenvalue weighted by Gasteiger charge is 2.06. The molecule has 3 heterocycles. The molecule has 2 N–H and O–H groups in total. The van der Waals surface area contributed by atoms with Gasteiger partial charge in [-0.2, -0.15) is 5.10 Å². The highest BCUT2D eigenvalue weighted by Crippen LogP contribution is 2.22. The fourth-order valence-electron chi connectivity index (χ4n) is 2.25. The van der Waals surface area contributed by atoms with Crippen LogP contribution in [-0.2, 0) is 0 Å². The smallest absolute Gasteiger partial charge is 0.160 e. The van der Waals surface area contributed by atoms with E-state index in [9.17, 15) is 0 Å². The van der Waals surface area contributed by atoms with E-state index in [0.29, 0.717) is 5.65 Å². The Bertz CT molecular complexity index is 878. The van der Waals surface area contributed by atoms with E-state index in [1.807, 2.05) is 36.7 Å². The Morgan fingerprint density at radius 1 is 1.05 bits per heavy atom. The van der Waals surface area contributed by atoms with Gasteiger partial charge >= 0.3 is 0 Å². The molecule has 0 radical (unpaired) electrons. The van der Waals surface area contributed by atoms with Crippen molar-refractivity contribution in [2.24, 2.45) is 0 Å². The number of benzene rings is 1. The number of aromatic amines is 1. The van der Waals surface area contributed by atoms with Gasteiger partial charge in [-0.15, -0.1) is 0 Å². The van der Waals surface area contributed by atoms with E-state index in [-0.39, 0.29) is 0 Å². The van der Waals surface area contributed by atoms with Gasteiger partial charge in [0.25, 0.3) is 0 Å². The average molecular weight is 276 g/mol. The van der Waals surface area contributed by atoms with Gasteiger partial charge in [-0.1, -0.05) is 6.07 Å². The molecule has 0 fully saturated rings. The number of anilines is 2. The van der Waals surface area contributed by atoms with Crippen molar-refractivity contribution >= 4 is 22.5 Å². The lowest BCUT2D eigenvalue weighted by molar-refractivity contribution is 1.08. The SMILES string of the molecule is c1cc(Nc2ncnc3[nH]ncc23)cc(-n2cccc2)c1. The van der Waals surface area contributed by atoms with Gasteiger partial charge in [0.2, 0.25) is 0 Å². The zero-order valence-corrected chi connectivity index (χ0v) is 11.1. The molecule has 0 saturated carbocycles. The van der Waals surface area contributed by atoms with Crippen LogP contribution >= 0.6 is 0 Å². The van der Waals surface area contributed by atoms with Crippen LogP contribution in [0.2, 0.25) is 0 Å². The second-order valence-corrected chi connectivity index (χ2v) is 4.62. The first-order valence-corrected chi connectivity index (χ1v) is 6.55. The maximum Gasteiger partial charge on any atom is 0.160 e. The van der Waals surface area contributed by atoms with E-state index in [1.165, 1.54) is 6.33 Å². The lowest BCUT2D eigenvalue weighted by Gasteiger charge is -2.09. The predicted molar refractivity (Wildman–Crippen MR) is 80.7 cm³/mol. The second-order valence-electron chi connectivity index (χ2n) is 4.62. The lowest BCUT2D eigenvalue weighted by atomic mass is 10.2. The van der Waals surface area contributed by atoms with E-state index in [1.54, 1.807) is 6.20 Å². The molecule has 102 valence electrons. The molecule has 6 nitrogen and oxygen atoms in total.